The average Bonchev–Trinajstić information content (AvgIpc) is 3.45. The number of carboxylic acids is 3. The molecular weight excluding hydrogens is 868 g/mol. The van der Waals surface area contributed by atoms with Crippen molar-refractivity contribution < 1.29 is 68.4 Å². The molecule has 0 radical (unpaired) electrons. The van der Waals surface area contributed by atoms with E-state index in [-0.39, 0.29) is 30.2 Å². The summed E-state index contributed by atoms with van der Waals surface area (Å²) in [6.07, 6.45) is 2.22. The van der Waals surface area contributed by atoms with Gasteiger partial charge in [-0.1, -0.05) is 37.6 Å². The topological polar surface area (TPSA) is 253 Å². The molecule has 354 valence electrons. The molecule has 19 heteroatoms. The number of hydrogen-bond donors (Lipinski definition) is 6. The van der Waals surface area contributed by atoms with Crippen LogP contribution in [-0.2, 0) is 49.8 Å². The maximum atomic E-state index is 13.9. The molecule has 1 aromatic heterocycles. The molecule has 65 heavy (non-hydrogen) atoms. The zero-order valence-electron chi connectivity index (χ0n) is 37.4. The van der Waals surface area contributed by atoms with Crippen molar-refractivity contribution in [3.8, 4) is 0 Å². The molecule has 1 aliphatic carbocycles. The van der Waals surface area contributed by atoms with Crippen molar-refractivity contribution in [2.75, 3.05) is 25.0 Å². The van der Waals surface area contributed by atoms with Crippen molar-refractivity contribution in [2.45, 2.75) is 122 Å². The van der Waals surface area contributed by atoms with E-state index in [1.165, 1.54) is 0 Å². The number of nitrogens with one attached hydrogen (secondary N) is 2. The predicted octanol–water partition coefficient (Wildman–Crippen LogP) is 5.83. The highest BCUT2D eigenvalue weighted by molar-refractivity contribution is 6.31. The van der Waals surface area contributed by atoms with Crippen LogP contribution in [0.15, 0.2) is 54.7 Å². The van der Waals surface area contributed by atoms with Crippen molar-refractivity contribution in [1.29, 1.82) is 0 Å². The van der Waals surface area contributed by atoms with E-state index in [1.807, 2.05) is 64.1 Å². The summed E-state index contributed by atoms with van der Waals surface area (Å²) in [4.78, 5) is 75.6. The summed E-state index contributed by atoms with van der Waals surface area (Å²) in [7, 11) is 0. The number of carboxylic acid groups (broad SMARTS) is 3. The van der Waals surface area contributed by atoms with Crippen LogP contribution in [0.1, 0.15) is 96.0 Å². The van der Waals surface area contributed by atoms with Crippen LogP contribution < -0.4 is 10.6 Å². The van der Waals surface area contributed by atoms with Gasteiger partial charge in [0.05, 0.1) is 31.5 Å². The van der Waals surface area contributed by atoms with Crippen molar-refractivity contribution in [1.82, 2.24) is 15.2 Å². The highest BCUT2D eigenvalue weighted by Gasteiger charge is 2.69. The Bertz CT molecular complexity index is 2220. The normalized spacial score (nSPS) is 27.0. The van der Waals surface area contributed by atoms with Gasteiger partial charge < -0.3 is 50.2 Å². The van der Waals surface area contributed by atoms with E-state index in [1.54, 1.807) is 23.2 Å². The second-order valence-electron chi connectivity index (χ2n) is 18.7. The number of nitrogens with zero attached hydrogens (tertiary/aromatic N) is 2. The zero-order valence-corrected chi connectivity index (χ0v) is 38.1. The van der Waals surface area contributed by atoms with Crippen LogP contribution >= 0.6 is 11.6 Å². The van der Waals surface area contributed by atoms with Crippen molar-refractivity contribution in [3.63, 3.8) is 0 Å². The van der Waals surface area contributed by atoms with Gasteiger partial charge in [0.25, 0.3) is 5.91 Å². The van der Waals surface area contributed by atoms with Crippen LogP contribution in [0.5, 0.6) is 0 Å². The largest absolute Gasteiger partial charge is 0.481 e. The number of aliphatic hydroxyl groups is 1. The van der Waals surface area contributed by atoms with E-state index in [0.29, 0.717) is 42.1 Å². The summed E-state index contributed by atoms with van der Waals surface area (Å²) in [5.74, 6) is -5.32. The second-order valence-corrected chi connectivity index (χ2v) is 19.2. The Morgan fingerprint density at radius 3 is 2.28 bits per heavy atom. The molecular formula is C46H59ClN4O14. The number of aromatic nitrogens is 1. The first-order valence-electron chi connectivity index (χ1n) is 21.7. The number of benzene rings is 2. The summed E-state index contributed by atoms with van der Waals surface area (Å²) >= 11 is 6.17. The van der Waals surface area contributed by atoms with Gasteiger partial charge in [-0.2, -0.15) is 0 Å². The summed E-state index contributed by atoms with van der Waals surface area (Å²) < 4.78 is 19.5. The van der Waals surface area contributed by atoms with E-state index >= 15 is 0 Å². The third-order valence-corrected chi connectivity index (χ3v) is 12.8. The molecule has 3 aromatic rings. The van der Waals surface area contributed by atoms with Crippen molar-refractivity contribution in [3.05, 3.63) is 70.9 Å². The van der Waals surface area contributed by atoms with Crippen LogP contribution in [0.4, 0.5) is 5.69 Å². The molecule has 4 saturated heterocycles. The minimum atomic E-state index is -2.74. The summed E-state index contributed by atoms with van der Waals surface area (Å²) in [6, 6.07) is 14.8. The number of halogens is 1. The third kappa shape index (κ3) is 11.5. The SMILES string of the molecule is C[C@@H]1CC[C@H]2[C@@H](C)C(OCc3ccc(C(=O)N(CCNc4ccnc5cc(Cl)ccc45)CC(=O)NC(C)(C)C)cc3)O[C@@H]3O[C@]4(C)CC[C@@H]1[C@]32OO4.O=C(O)CC(O)(CC(=O)O)C(=O)O. The number of aliphatic carboxylic acids is 3. The molecule has 1 unspecified atom stereocenters. The Morgan fingerprint density at radius 1 is 0.938 bits per heavy atom. The number of hydrogen-bond acceptors (Lipinski definition) is 13. The Balaban J connectivity index is 0.000000469. The van der Waals surface area contributed by atoms with Crippen LogP contribution in [0.3, 0.4) is 0 Å². The van der Waals surface area contributed by atoms with E-state index in [2.05, 4.69) is 29.5 Å². The van der Waals surface area contributed by atoms with E-state index in [4.69, 9.17) is 56.0 Å². The number of anilines is 1. The molecule has 5 fully saturated rings. The fourth-order valence-electron chi connectivity index (χ4n) is 9.37. The highest BCUT2D eigenvalue weighted by atomic mass is 35.5. The zero-order chi connectivity index (χ0) is 47.5. The lowest BCUT2D eigenvalue weighted by atomic mass is 9.58. The van der Waals surface area contributed by atoms with Gasteiger partial charge in [-0.3, -0.25) is 24.2 Å². The van der Waals surface area contributed by atoms with Crippen LogP contribution in [0.2, 0.25) is 5.02 Å². The fourth-order valence-corrected chi connectivity index (χ4v) is 9.53. The number of amides is 2. The van der Waals surface area contributed by atoms with Crippen molar-refractivity contribution >= 4 is 57.9 Å². The number of rotatable bonds is 15. The Hall–Kier alpha value is -4.95. The fraction of sp³-hybridized carbons (Fsp3) is 0.565. The molecule has 5 heterocycles. The Morgan fingerprint density at radius 2 is 1.63 bits per heavy atom. The number of pyridine rings is 1. The minimum Gasteiger partial charge on any atom is -0.481 e. The quantitative estimate of drug-likeness (QED) is 0.0981. The molecule has 4 aliphatic heterocycles. The molecule has 5 aliphatic rings. The Labute approximate surface area is 381 Å². The minimum absolute atomic E-state index is 0.0612. The number of fused-ring (bicyclic) bond motifs is 3. The molecule has 1 saturated carbocycles. The standard InChI is InChI=1S/C40H51ClN4O7.C6H8O7/c1-24-7-14-31-25(2)36(49-37-40(31)30(24)15-17-39(6,50-37)51-52-40)48-23-26-8-10-27(11-9-26)35(47)45(22-34(46)44-38(3,4)5)20-19-43-32-16-18-42-33-21-28(41)12-13-29(32)33;7-3(8)1-6(13,5(11)12)2-4(9)10/h8-13,16,18,21,24-25,30-31,36-37H,7,14-15,17,19-20,22-23H2,1-6H3,(H,42,43)(H,44,46);13H,1-2H2,(H,7,8)(H,9,10)(H,11,12)/t24-,25-,30+,31+,36?,37-,39+,40-;/m1./s1. The van der Waals surface area contributed by atoms with Gasteiger partial charge in [0.15, 0.2) is 23.8 Å². The van der Waals surface area contributed by atoms with Gasteiger partial charge >= 0.3 is 17.9 Å². The lowest BCUT2D eigenvalue weighted by molar-refractivity contribution is -0.577. The molecule has 2 aromatic carbocycles. The Kier molecular flexibility index (Phi) is 15.1. The molecule has 2 bridgehead atoms. The van der Waals surface area contributed by atoms with Crippen LogP contribution in [-0.4, -0.2) is 115 Å². The smallest absolute Gasteiger partial charge is 0.336 e. The van der Waals surface area contributed by atoms with Crippen molar-refractivity contribution in [2.24, 2.45) is 23.7 Å². The van der Waals surface area contributed by atoms with Gasteiger partial charge in [0.1, 0.15) is 0 Å². The lowest BCUT2D eigenvalue weighted by Crippen LogP contribution is -2.70. The maximum absolute atomic E-state index is 13.9. The summed E-state index contributed by atoms with van der Waals surface area (Å²) in [5.41, 5.74) is -0.779. The first kappa shape index (κ1) is 49.5. The third-order valence-electron chi connectivity index (χ3n) is 12.5. The summed E-state index contributed by atoms with van der Waals surface area (Å²) in [6.45, 7) is 13.1. The lowest BCUT2D eigenvalue weighted by Gasteiger charge is -2.60. The predicted molar refractivity (Wildman–Crippen MR) is 234 cm³/mol. The van der Waals surface area contributed by atoms with Gasteiger partial charge in [0.2, 0.25) is 11.7 Å². The van der Waals surface area contributed by atoms with E-state index in [9.17, 15) is 24.0 Å². The first-order valence-corrected chi connectivity index (χ1v) is 22.1. The van der Waals surface area contributed by atoms with Gasteiger partial charge in [0, 0.05) is 64.7 Å². The molecule has 8 rings (SSSR count). The summed E-state index contributed by atoms with van der Waals surface area (Å²) in [5, 5.41) is 41.7. The molecule has 6 N–H and O–H groups in total. The van der Waals surface area contributed by atoms with Crippen LogP contribution in [0, 0.1) is 23.7 Å². The van der Waals surface area contributed by atoms with Gasteiger partial charge in [-0.05, 0) is 101 Å². The number of ether oxygens (including phenoxy) is 3. The first-order chi connectivity index (χ1) is 30.5. The average molecular weight is 927 g/mol. The van der Waals surface area contributed by atoms with Gasteiger partial charge in [-0.15, -0.1) is 0 Å². The van der Waals surface area contributed by atoms with Gasteiger partial charge in [-0.25, -0.2) is 14.6 Å². The van der Waals surface area contributed by atoms with Crippen LogP contribution in [0.25, 0.3) is 10.9 Å². The second kappa shape index (κ2) is 19.9. The highest BCUT2D eigenvalue weighted by Crippen LogP contribution is 2.60. The monoisotopic (exact) mass is 926 g/mol. The number of carbonyl (C=O) groups is 5. The molecule has 8 atom stereocenters. The molecule has 18 nitrogen and oxygen atoms in total. The van der Waals surface area contributed by atoms with E-state index < -0.39 is 65.9 Å². The molecule has 2 amide bonds. The maximum Gasteiger partial charge on any atom is 0.336 e. The molecule has 1 spiro atoms. The van der Waals surface area contributed by atoms with E-state index in [0.717, 1.165) is 47.8 Å². The number of carbonyl (C=O) groups excluding carboxylic acids is 2.